The topological polar surface area (TPSA) is 78.9 Å². The minimum atomic E-state index is -2.01. The van der Waals surface area contributed by atoms with Gasteiger partial charge in [-0.15, -0.1) is 0 Å². The third-order valence-electron chi connectivity index (χ3n) is 2.89. The summed E-state index contributed by atoms with van der Waals surface area (Å²) in [4.78, 5) is 36.7. The van der Waals surface area contributed by atoms with Crippen LogP contribution in [0.4, 0.5) is 0 Å². The molecule has 0 aromatic rings. The minimum absolute atomic E-state index is 0.0549. The first-order chi connectivity index (χ1) is 10.0. The van der Waals surface area contributed by atoms with E-state index in [1.165, 1.54) is 0 Å². The van der Waals surface area contributed by atoms with Crippen LogP contribution in [-0.2, 0) is 28.6 Å². The van der Waals surface area contributed by atoms with Gasteiger partial charge in [-0.05, 0) is 25.7 Å². The molecule has 122 valence electrons. The molecule has 0 aromatic carbocycles. The Morgan fingerprint density at radius 3 is 1.14 bits per heavy atom. The standard InChI is InChI=1S/C15H26O6/c1-5-9-19-12(16)15(8-4,13(17)20-10-6-2)14(18)21-11-7-3/h5-11H2,1-4H3. The van der Waals surface area contributed by atoms with Gasteiger partial charge in [-0.25, -0.2) is 0 Å². The van der Waals surface area contributed by atoms with E-state index in [0.29, 0.717) is 19.3 Å². The second-order valence-electron chi connectivity index (χ2n) is 4.67. The van der Waals surface area contributed by atoms with Gasteiger partial charge in [0.1, 0.15) is 0 Å². The van der Waals surface area contributed by atoms with Crippen LogP contribution < -0.4 is 0 Å². The molecule has 0 unspecified atom stereocenters. The third-order valence-corrected chi connectivity index (χ3v) is 2.89. The molecule has 0 saturated carbocycles. The molecule has 0 heterocycles. The molecule has 0 aliphatic carbocycles. The molecule has 0 aliphatic heterocycles. The molecule has 0 aliphatic rings. The predicted octanol–water partition coefficient (Wildman–Crippen LogP) is 2.24. The lowest BCUT2D eigenvalue weighted by Crippen LogP contribution is -2.49. The number of esters is 3. The Morgan fingerprint density at radius 1 is 0.667 bits per heavy atom. The zero-order chi connectivity index (χ0) is 16.3. The highest BCUT2D eigenvalue weighted by molar-refractivity contribution is 6.17. The summed E-state index contributed by atoms with van der Waals surface area (Å²) in [5.41, 5.74) is -2.01. The second kappa shape index (κ2) is 10.2. The smallest absolute Gasteiger partial charge is 0.335 e. The van der Waals surface area contributed by atoms with Crippen LogP contribution in [0.5, 0.6) is 0 Å². The summed E-state index contributed by atoms with van der Waals surface area (Å²) >= 11 is 0. The van der Waals surface area contributed by atoms with E-state index >= 15 is 0 Å². The summed E-state index contributed by atoms with van der Waals surface area (Å²) in [6.45, 7) is 7.46. The SMILES string of the molecule is CCCOC(=O)C(CC)(C(=O)OCCC)C(=O)OCCC. The third kappa shape index (κ3) is 5.02. The first-order valence-electron chi connectivity index (χ1n) is 7.52. The number of carbonyl (C=O) groups excluding carboxylic acids is 3. The van der Waals surface area contributed by atoms with E-state index in [1.807, 2.05) is 20.8 Å². The molecule has 0 spiro atoms. The maximum atomic E-state index is 12.2. The van der Waals surface area contributed by atoms with Crippen molar-refractivity contribution < 1.29 is 28.6 Å². The molecule has 0 amide bonds. The second-order valence-corrected chi connectivity index (χ2v) is 4.67. The van der Waals surface area contributed by atoms with Gasteiger partial charge >= 0.3 is 17.9 Å². The molecule has 0 fully saturated rings. The Labute approximate surface area is 126 Å². The highest BCUT2D eigenvalue weighted by atomic mass is 16.6. The summed E-state index contributed by atoms with van der Waals surface area (Å²) < 4.78 is 15.0. The van der Waals surface area contributed by atoms with Crippen molar-refractivity contribution >= 4 is 17.9 Å². The lowest BCUT2D eigenvalue weighted by molar-refractivity contribution is -0.184. The molecule has 6 nitrogen and oxygen atoms in total. The summed E-state index contributed by atoms with van der Waals surface area (Å²) in [7, 11) is 0. The quantitative estimate of drug-likeness (QED) is 0.350. The highest BCUT2D eigenvalue weighted by Gasteiger charge is 2.56. The van der Waals surface area contributed by atoms with Crippen LogP contribution in [0.3, 0.4) is 0 Å². The summed E-state index contributed by atoms with van der Waals surface area (Å²) in [5.74, 6) is -2.68. The normalized spacial score (nSPS) is 10.9. The first kappa shape index (κ1) is 19.4. The van der Waals surface area contributed by atoms with E-state index in [0.717, 1.165) is 0 Å². The van der Waals surface area contributed by atoms with Crippen molar-refractivity contribution in [3.63, 3.8) is 0 Å². The average Bonchev–Trinajstić information content (AvgIpc) is 2.49. The van der Waals surface area contributed by atoms with Crippen LogP contribution in [0.15, 0.2) is 0 Å². The van der Waals surface area contributed by atoms with Crippen LogP contribution in [-0.4, -0.2) is 37.7 Å². The van der Waals surface area contributed by atoms with Crippen molar-refractivity contribution in [2.24, 2.45) is 5.41 Å². The maximum absolute atomic E-state index is 12.2. The van der Waals surface area contributed by atoms with Crippen molar-refractivity contribution in [1.29, 1.82) is 0 Å². The number of ether oxygens (including phenoxy) is 3. The molecule has 0 bridgehead atoms. The molecular weight excluding hydrogens is 276 g/mol. The van der Waals surface area contributed by atoms with Gasteiger partial charge in [0.05, 0.1) is 19.8 Å². The Kier molecular flexibility index (Phi) is 9.41. The summed E-state index contributed by atoms with van der Waals surface area (Å²) in [6, 6.07) is 0. The Bertz CT molecular complexity index is 300. The zero-order valence-electron chi connectivity index (χ0n) is 13.4. The molecular formula is C15H26O6. The highest BCUT2D eigenvalue weighted by Crippen LogP contribution is 2.28. The molecule has 0 rings (SSSR count). The monoisotopic (exact) mass is 302 g/mol. The van der Waals surface area contributed by atoms with Crippen LogP contribution >= 0.6 is 0 Å². The van der Waals surface area contributed by atoms with Crippen LogP contribution in [0.1, 0.15) is 53.4 Å². The molecule has 6 heteroatoms. The molecule has 0 N–H and O–H groups in total. The zero-order valence-corrected chi connectivity index (χ0v) is 13.4. The van der Waals surface area contributed by atoms with Gasteiger partial charge < -0.3 is 14.2 Å². The lowest BCUT2D eigenvalue weighted by Gasteiger charge is -2.26. The molecule has 0 saturated heterocycles. The summed E-state index contributed by atoms with van der Waals surface area (Å²) in [5, 5.41) is 0. The predicted molar refractivity (Wildman–Crippen MR) is 76.5 cm³/mol. The average molecular weight is 302 g/mol. The van der Waals surface area contributed by atoms with Gasteiger partial charge in [-0.3, -0.25) is 14.4 Å². The van der Waals surface area contributed by atoms with Gasteiger partial charge in [-0.2, -0.15) is 0 Å². The first-order valence-corrected chi connectivity index (χ1v) is 7.52. The molecule has 0 radical (unpaired) electrons. The molecule has 21 heavy (non-hydrogen) atoms. The van der Waals surface area contributed by atoms with E-state index in [1.54, 1.807) is 6.92 Å². The number of hydrogen-bond donors (Lipinski definition) is 0. The van der Waals surface area contributed by atoms with Crippen LogP contribution in [0, 0.1) is 5.41 Å². The van der Waals surface area contributed by atoms with Crippen molar-refractivity contribution in [2.75, 3.05) is 19.8 Å². The minimum Gasteiger partial charge on any atom is -0.464 e. The Morgan fingerprint density at radius 2 is 0.952 bits per heavy atom. The Balaban J connectivity index is 5.30. The van der Waals surface area contributed by atoms with Crippen LogP contribution in [0.2, 0.25) is 0 Å². The van der Waals surface area contributed by atoms with Gasteiger partial charge in [0, 0.05) is 0 Å². The van der Waals surface area contributed by atoms with E-state index in [4.69, 9.17) is 14.2 Å². The van der Waals surface area contributed by atoms with Crippen molar-refractivity contribution in [3.8, 4) is 0 Å². The number of hydrogen-bond acceptors (Lipinski definition) is 6. The van der Waals surface area contributed by atoms with Gasteiger partial charge in [-0.1, -0.05) is 27.7 Å². The largest absolute Gasteiger partial charge is 0.464 e. The van der Waals surface area contributed by atoms with Crippen LogP contribution in [0.25, 0.3) is 0 Å². The van der Waals surface area contributed by atoms with E-state index < -0.39 is 23.3 Å². The van der Waals surface area contributed by atoms with Crippen molar-refractivity contribution in [3.05, 3.63) is 0 Å². The van der Waals surface area contributed by atoms with Gasteiger partial charge in [0.2, 0.25) is 0 Å². The molecule has 0 atom stereocenters. The summed E-state index contributed by atoms with van der Waals surface area (Å²) in [6.07, 6.45) is 1.74. The van der Waals surface area contributed by atoms with Crippen molar-refractivity contribution in [2.45, 2.75) is 53.4 Å². The number of carbonyl (C=O) groups is 3. The fraction of sp³-hybridized carbons (Fsp3) is 0.800. The van der Waals surface area contributed by atoms with E-state index in [-0.39, 0.29) is 26.2 Å². The van der Waals surface area contributed by atoms with Gasteiger partial charge in [0.25, 0.3) is 5.41 Å². The van der Waals surface area contributed by atoms with Gasteiger partial charge in [0.15, 0.2) is 0 Å². The lowest BCUT2D eigenvalue weighted by atomic mass is 9.85. The van der Waals surface area contributed by atoms with E-state index in [2.05, 4.69) is 0 Å². The van der Waals surface area contributed by atoms with E-state index in [9.17, 15) is 14.4 Å². The molecule has 0 aromatic heterocycles. The maximum Gasteiger partial charge on any atom is 0.335 e. The Hall–Kier alpha value is -1.59. The number of rotatable bonds is 10. The fourth-order valence-electron chi connectivity index (χ4n) is 1.64. The van der Waals surface area contributed by atoms with Crippen molar-refractivity contribution in [1.82, 2.24) is 0 Å². The fourth-order valence-corrected chi connectivity index (χ4v) is 1.64.